The lowest BCUT2D eigenvalue weighted by Gasteiger charge is -2.16. The fourth-order valence-corrected chi connectivity index (χ4v) is 1.29. The lowest BCUT2D eigenvalue weighted by Crippen LogP contribution is -2.24. The first kappa shape index (κ1) is 10.7. The van der Waals surface area contributed by atoms with Crippen molar-refractivity contribution in [3.8, 4) is 6.07 Å². The number of nitrogens with zero attached hydrogens (tertiary/aromatic N) is 2. The standard InChI is InChI=1S/C8H13BrN2/c1-7(4-10)5-11(3)6-8(2)9/h7H,2,5-6H2,1,3H3. The first-order chi connectivity index (χ1) is 5.06. The van der Waals surface area contributed by atoms with E-state index in [-0.39, 0.29) is 5.92 Å². The highest BCUT2D eigenvalue weighted by atomic mass is 79.9. The molecule has 0 aromatic heterocycles. The molecule has 0 saturated carbocycles. The van der Waals surface area contributed by atoms with Gasteiger partial charge < -0.3 is 4.90 Å². The van der Waals surface area contributed by atoms with Crippen LogP contribution in [-0.4, -0.2) is 25.0 Å². The van der Waals surface area contributed by atoms with E-state index in [0.29, 0.717) is 0 Å². The van der Waals surface area contributed by atoms with Gasteiger partial charge in [-0.2, -0.15) is 5.26 Å². The normalized spacial score (nSPS) is 12.6. The van der Waals surface area contributed by atoms with Gasteiger partial charge >= 0.3 is 0 Å². The van der Waals surface area contributed by atoms with Gasteiger partial charge in [-0.3, -0.25) is 0 Å². The molecule has 3 heteroatoms. The lowest BCUT2D eigenvalue weighted by molar-refractivity contribution is 0.340. The molecule has 1 atom stereocenters. The van der Waals surface area contributed by atoms with E-state index in [0.717, 1.165) is 17.6 Å². The fraction of sp³-hybridized carbons (Fsp3) is 0.625. The zero-order valence-corrected chi connectivity index (χ0v) is 8.56. The molecule has 11 heavy (non-hydrogen) atoms. The lowest BCUT2D eigenvalue weighted by atomic mass is 10.2. The maximum atomic E-state index is 8.51. The van der Waals surface area contributed by atoms with Gasteiger partial charge in [0.1, 0.15) is 0 Å². The van der Waals surface area contributed by atoms with Gasteiger partial charge in [0.2, 0.25) is 0 Å². The van der Waals surface area contributed by atoms with E-state index in [1.54, 1.807) is 0 Å². The fourth-order valence-electron chi connectivity index (χ4n) is 0.866. The Morgan fingerprint density at radius 1 is 1.82 bits per heavy atom. The highest BCUT2D eigenvalue weighted by Crippen LogP contribution is 2.04. The van der Waals surface area contributed by atoms with Crippen molar-refractivity contribution >= 4 is 15.9 Å². The Morgan fingerprint density at radius 3 is 2.73 bits per heavy atom. The number of halogens is 1. The summed E-state index contributed by atoms with van der Waals surface area (Å²) in [6, 6.07) is 2.18. The van der Waals surface area contributed by atoms with Crippen LogP contribution < -0.4 is 0 Å². The van der Waals surface area contributed by atoms with Crippen molar-refractivity contribution in [2.45, 2.75) is 6.92 Å². The quantitative estimate of drug-likeness (QED) is 0.719. The van der Waals surface area contributed by atoms with E-state index in [1.165, 1.54) is 0 Å². The molecule has 0 fully saturated rings. The van der Waals surface area contributed by atoms with Gasteiger partial charge in [-0.1, -0.05) is 22.5 Å². The van der Waals surface area contributed by atoms with Crippen molar-refractivity contribution in [2.24, 2.45) is 5.92 Å². The van der Waals surface area contributed by atoms with Crippen LogP contribution in [0.5, 0.6) is 0 Å². The van der Waals surface area contributed by atoms with Gasteiger partial charge in [-0.25, -0.2) is 0 Å². The van der Waals surface area contributed by atoms with Gasteiger partial charge in [-0.15, -0.1) is 0 Å². The first-order valence-electron chi connectivity index (χ1n) is 3.47. The molecule has 0 aromatic rings. The second-order valence-corrected chi connectivity index (χ2v) is 3.87. The molecule has 2 nitrogen and oxygen atoms in total. The van der Waals surface area contributed by atoms with Crippen LogP contribution in [0.1, 0.15) is 6.92 Å². The zero-order chi connectivity index (χ0) is 8.85. The minimum absolute atomic E-state index is 0.0897. The smallest absolute Gasteiger partial charge is 0.0666 e. The van der Waals surface area contributed by atoms with Crippen molar-refractivity contribution in [1.29, 1.82) is 5.26 Å². The van der Waals surface area contributed by atoms with Gasteiger partial charge in [0.15, 0.2) is 0 Å². The summed E-state index contributed by atoms with van der Waals surface area (Å²) in [7, 11) is 1.97. The molecule has 0 bridgehead atoms. The van der Waals surface area contributed by atoms with Crippen molar-refractivity contribution in [2.75, 3.05) is 20.1 Å². The molecule has 62 valence electrons. The molecule has 0 saturated heterocycles. The van der Waals surface area contributed by atoms with Crippen molar-refractivity contribution in [3.05, 3.63) is 11.1 Å². The second-order valence-electron chi connectivity index (χ2n) is 2.74. The number of rotatable bonds is 4. The van der Waals surface area contributed by atoms with Crippen LogP contribution in [0.2, 0.25) is 0 Å². The summed E-state index contributed by atoms with van der Waals surface area (Å²) in [6.07, 6.45) is 0. The third-order valence-corrected chi connectivity index (χ3v) is 1.50. The Bertz CT molecular complexity index is 171. The summed E-state index contributed by atoms with van der Waals surface area (Å²) in [6.45, 7) is 7.22. The summed E-state index contributed by atoms with van der Waals surface area (Å²) >= 11 is 3.27. The van der Waals surface area contributed by atoms with Crippen molar-refractivity contribution in [3.63, 3.8) is 0 Å². The predicted octanol–water partition coefficient (Wildman–Crippen LogP) is 1.99. The second kappa shape index (κ2) is 5.34. The molecular weight excluding hydrogens is 204 g/mol. The first-order valence-corrected chi connectivity index (χ1v) is 4.27. The maximum absolute atomic E-state index is 8.51. The van der Waals surface area contributed by atoms with E-state index in [9.17, 15) is 0 Å². The molecule has 0 spiro atoms. The SMILES string of the molecule is C=C(Br)CN(C)CC(C)C#N. The minimum atomic E-state index is 0.0897. The van der Waals surface area contributed by atoms with E-state index < -0.39 is 0 Å². The molecule has 1 unspecified atom stereocenters. The van der Waals surface area contributed by atoms with Crippen LogP contribution in [0.25, 0.3) is 0 Å². The predicted molar refractivity (Wildman–Crippen MR) is 50.3 cm³/mol. The minimum Gasteiger partial charge on any atom is -0.300 e. The third kappa shape index (κ3) is 6.08. The van der Waals surface area contributed by atoms with Gasteiger partial charge in [0.05, 0.1) is 12.0 Å². The number of hydrogen-bond acceptors (Lipinski definition) is 2. The molecule has 0 rings (SSSR count). The molecular formula is C8H13BrN2. The third-order valence-electron chi connectivity index (χ3n) is 1.25. The average molecular weight is 217 g/mol. The van der Waals surface area contributed by atoms with E-state index in [1.807, 2.05) is 14.0 Å². The maximum Gasteiger partial charge on any atom is 0.0666 e. The molecule has 0 aliphatic rings. The Balaban J connectivity index is 3.62. The topological polar surface area (TPSA) is 27.0 Å². The van der Waals surface area contributed by atoms with Crippen LogP contribution in [-0.2, 0) is 0 Å². The number of hydrogen-bond donors (Lipinski definition) is 0. The van der Waals surface area contributed by atoms with Gasteiger partial charge in [0, 0.05) is 17.6 Å². The Labute approximate surface area is 76.6 Å². The number of nitriles is 1. The molecule has 0 heterocycles. The highest BCUT2D eigenvalue weighted by molar-refractivity contribution is 9.11. The number of likely N-dealkylation sites (N-methyl/N-ethyl adjacent to an activating group) is 1. The Hall–Kier alpha value is -0.330. The molecule has 0 N–H and O–H groups in total. The monoisotopic (exact) mass is 216 g/mol. The summed E-state index contributed by atoms with van der Waals surface area (Å²) in [5, 5.41) is 8.51. The summed E-state index contributed by atoms with van der Waals surface area (Å²) < 4.78 is 0.949. The van der Waals surface area contributed by atoms with Crippen molar-refractivity contribution in [1.82, 2.24) is 4.90 Å². The zero-order valence-electron chi connectivity index (χ0n) is 6.97. The Kier molecular flexibility index (Phi) is 5.18. The molecule has 0 radical (unpaired) electrons. The van der Waals surface area contributed by atoms with Crippen LogP contribution in [0.3, 0.4) is 0 Å². The van der Waals surface area contributed by atoms with Crippen molar-refractivity contribution < 1.29 is 0 Å². The largest absolute Gasteiger partial charge is 0.300 e. The molecule has 0 aliphatic heterocycles. The average Bonchev–Trinajstić information content (AvgIpc) is 1.85. The highest BCUT2D eigenvalue weighted by Gasteiger charge is 2.04. The molecule has 0 aromatic carbocycles. The summed E-state index contributed by atoms with van der Waals surface area (Å²) in [5.74, 6) is 0.0897. The molecule has 0 aliphatic carbocycles. The van der Waals surface area contributed by atoms with Gasteiger partial charge in [0.25, 0.3) is 0 Å². The van der Waals surface area contributed by atoms with Crippen LogP contribution >= 0.6 is 15.9 Å². The summed E-state index contributed by atoms with van der Waals surface area (Å²) in [5.41, 5.74) is 0. The van der Waals surface area contributed by atoms with E-state index >= 15 is 0 Å². The van der Waals surface area contributed by atoms with Crippen LogP contribution in [0.4, 0.5) is 0 Å². The van der Waals surface area contributed by atoms with E-state index in [4.69, 9.17) is 5.26 Å². The van der Waals surface area contributed by atoms with E-state index in [2.05, 4.69) is 33.5 Å². The van der Waals surface area contributed by atoms with Crippen LogP contribution in [0.15, 0.2) is 11.1 Å². The Morgan fingerprint density at radius 2 is 2.36 bits per heavy atom. The summed E-state index contributed by atoms with van der Waals surface area (Å²) in [4.78, 5) is 2.06. The molecule has 0 amide bonds. The van der Waals surface area contributed by atoms with Gasteiger partial charge in [-0.05, 0) is 14.0 Å². The van der Waals surface area contributed by atoms with Crippen LogP contribution in [0, 0.1) is 17.2 Å².